The third-order valence-corrected chi connectivity index (χ3v) is 5.26. The number of carbonyl (C=O) groups excluding carboxylic acids is 1. The number of thiophene rings is 1. The van der Waals surface area contributed by atoms with E-state index < -0.39 is 0 Å². The maximum atomic E-state index is 11.9. The molecule has 2 nitrogen and oxygen atoms in total. The molecule has 0 aromatic carbocycles. The number of hydrogen-bond donors (Lipinski definition) is 1. The molecule has 0 fully saturated rings. The molecule has 1 N–H and O–H groups in total. The van der Waals surface area contributed by atoms with Crippen molar-refractivity contribution < 1.29 is 4.79 Å². The van der Waals surface area contributed by atoms with Gasteiger partial charge in [0.1, 0.15) is 0 Å². The summed E-state index contributed by atoms with van der Waals surface area (Å²) >= 11 is 4.92. The lowest BCUT2D eigenvalue weighted by molar-refractivity contribution is 0.0941. The summed E-state index contributed by atoms with van der Waals surface area (Å²) < 4.78 is 1.03. The Kier molecular flexibility index (Phi) is 4.78. The van der Waals surface area contributed by atoms with Gasteiger partial charge >= 0.3 is 0 Å². The molecule has 1 heterocycles. The first-order valence-corrected chi connectivity index (χ1v) is 7.37. The summed E-state index contributed by atoms with van der Waals surface area (Å²) in [6, 6.07) is 1.92. The minimum atomic E-state index is 0.0277. The van der Waals surface area contributed by atoms with Crippen LogP contribution in [-0.2, 0) is 0 Å². The van der Waals surface area contributed by atoms with Crippen LogP contribution in [0.25, 0.3) is 0 Å². The second-order valence-electron chi connectivity index (χ2n) is 5.54. The zero-order valence-electron chi connectivity index (χ0n) is 11.1. The lowest BCUT2D eigenvalue weighted by Crippen LogP contribution is -2.33. The summed E-state index contributed by atoms with van der Waals surface area (Å²) in [6.07, 6.45) is 0. The second-order valence-corrected chi connectivity index (χ2v) is 7.91. The third kappa shape index (κ3) is 4.11. The Balaban J connectivity index is 2.56. The maximum absolute atomic E-state index is 11.9. The van der Waals surface area contributed by atoms with E-state index >= 15 is 0 Å². The monoisotopic (exact) mass is 317 g/mol. The van der Waals surface area contributed by atoms with E-state index in [0.29, 0.717) is 5.92 Å². The van der Waals surface area contributed by atoms with Crippen LogP contribution in [0.2, 0.25) is 0 Å². The standard InChI is InChI=1S/C13H20BrNOS/c1-8-6-10(17-11(8)14)12(16)15-7-9(2)13(3,4)5/h6,9H,7H2,1-5H3,(H,15,16). The van der Waals surface area contributed by atoms with Crippen LogP contribution in [0.5, 0.6) is 0 Å². The van der Waals surface area contributed by atoms with Crippen LogP contribution in [0, 0.1) is 18.3 Å². The molecule has 96 valence electrons. The highest BCUT2D eigenvalue weighted by Crippen LogP contribution is 2.28. The van der Waals surface area contributed by atoms with Gasteiger partial charge < -0.3 is 5.32 Å². The zero-order chi connectivity index (χ0) is 13.2. The molecule has 1 atom stereocenters. The van der Waals surface area contributed by atoms with Crippen LogP contribution in [0.1, 0.15) is 42.9 Å². The van der Waals surface area contributed by atoms with Gasteiger partial charge in [-0.3, -0.25) is 4.79 Å². The molecule has 1 aromatic heterocycles. The van der Waals surface area contributed by atoms with E-state index in [4.69, 9.17) is 0 Å². The van der Waals surface area contributed by atoms with Gasteiger partial charge in [0.05, 0.1) is 8.66 Å². The van der Waals surface area contributed by atoms with Crippen molar-refractivity contribution in [3.63, 3.8) is 0 Å². The molecule has 17 heavy (non-hydrogen) atoms. The van der Waals surface area contributed by atoms with E-state index in [1.807, 2.05) is 13.0 Å². The van der Waals surface area contributed by atoms with Crippen molar-refractivity contribution in [2.24, 2.45) is 11.3 Å². The van der Waals surface area contributed by atoms with Crippen molar-refractivity contribution in [2.75, 3.05) is 6.54 Å². The van der Waals surface area contributed by atoms with Gasteiger partial charge in [-0.05, 0) is 45.8 Å². The average molecular weight is 318 g/mol. The van der Waals surface area contributed by atoms with Crippen molar-refractivity contribution >= 4 is 33.2 Å². The molecule has 0 radical (unpaired) electrons. The van der Waals surface area contributed by atoms with E-state index in [1.54, 1.807) is 0 Å². The Bertz CT molecular complexity index is 387. The summed E-state index contributed by atoms with van der Waals surface area (Å²) in [5.74, 6) is 0.482. The van der Waals surface area contributed by atoms with Gasteiger partial charge in [0.25, 0.3) is 5.91 Å². The lowest BCUT2D eigenvalue weighted by atomic mass is 9.82. The summed E-state index contributed by atoms with van der Waals surface area (Å²) in [6.45, 7) is 11.4. The molecular weight excluding hydrogens is 298 g/mol. The molecule has 1 amide bonds. The van der Waals surface area contributed by atoms with Crippen LogP contribution in [0.4, 0.5) is 0 Å². The quantitative estimate of drug-likeness (QED) is 0.888. The van der Waals surface area contributed by atoms with Gasteiger partial charge in [-0.25, -0.2) is 0 Å². The van der Waals surface area contributed by atoms with E-state index in [1.165, 1.54) is 11.3 Å². The lowest BCUT2D eigenvalue weighted by Gasteiger charge is -2.27. The first-order valence-electron chi connectivity index (χ1n) is 5.76. The molecule has 0 spiro atoms. The van der Waals surface area contributed by atoms with Gasteiger partial charge in [-0.2, -0.15) is 0 Å². The fraction of sp³-hybridized carbons (Fsp3) is 0.615. The molecule has 1 aromatic rings. The van der Waals surface area contributed by atoms with Crippen LogP contribution < -0.4 is 5.32 Å². The Morgan fingerprint density at radius 3 is 2.53 bits per heavy atom. The number of hydrogen-bond acceptors (Lipinski definition) is 2. The van der Waals surface area contributed by atoms with Crippen molar-refractivity contribution in [3.8, 4) is 0 Å². The van der Waals surface area contributed by atoms with Crippen molar-refractivity contribution in [1.82, 2.24) is 5.32 Å². The van der Waals surface area contributed by atoms with E-state index in [9.17, 15) is 4.79 Å². The number of rotatable bonds is 3. The minimum absolute atomic E-state index is 0.0277. The average Bonchev–Trinajstić information content (AvgIpc) is 2.54. The number of nitrogens with one attached hydrogen (secondary N) is 1. The predicted octanol–water partition coefficient (Wildman–Crippen LogP) is 4.23. The van der Waals surface area contributed by atoms with Crippen molar-refractivity contribution in [2.45, 2.75) is 34.6 Å². The molecule has 0 saturated heterocycles. The van der Waals surface area contributed by atoms with Crippen LogP contribution in [0.3, 0.4) is 0 Å². The second kappa shape index (κ2) is 5.53. The molecule has 4 heteroatoms. The van der Waals surface area contributed by atoms with Gasteiger partial charge in [0.15, 0.2) is 0 Å². The highest BCUT2D eigenvalue weighted by Gasteiger charge is 2.21. The molecular formula is C13H20BrNOS. The minimum Gasteiger partial charge on any atom is -0.351 e. The van der Waals surface area contributed by atoms with Crippen LogP contribution >= 0.6 is 27.3 Å². The van der Waals surface area contributed by atoms with Crippen LogP contribution in [-0.4, -0.2) is 12.5 Å². The Hall–Kier alpha value is -0.350. The van der Waals surface area contributed by atoms with Gasteiger partial charge in [0, 0.05) is 6.54 Å². The molecule has 0 aliphatic carbocycles. The van der Waals surface area contributed by atoms with Gasteiger partial charge in [-0.1, -0.05) is 27.7 Å². The highest BCUT2D eigenvalue weighted by molar-refractivity contribution is 9.11. The zero-order valence-corrected chi connectivity index (χ0v) is 13.5. The normalized spacial score (nSPS) is 13.5. The Morgan fingerprint density at radius 2 is 2.12 bits per heavy atom. The Morgan fingerprint density at radius 1 is 1.53 bits per heavy atom. The SMILES string of the molecule is Cc1cc(C(=O)NCC(C)C(C)(C)C)sc1Br. The van der Waals surface area contributed by atoms with E-state index in [2.05, 4.69) is 48.9 Å². The molecule has 0 saturated carbocycles. The summed E-state index contributed by atoms with van der Waals surface area (Å²) in [4.78, 5) is 12.7. The topological polar surface area (TPSA) is 29.1 Å². The maximum Gasteiger partial charge on any atom is 0.261 e. The predicted molar refractivity (Wildman–Crippen MR) is 77.7 cm³/mol. The first kappa shape index (κ1) is 14.7. The van der Waals surface area contributed by atoms with Crippen LogP contribution in [0.15, 0.2) is 9.85 Å². The highest BCUT2D eigenvalue weighted by atomic mass is 79.9. The summed E-state index contributed by atoms with van der Waals surface area (Å²) in [7, 11) is 0. The number of halogens is 1. The summed E-state index contributed by atoms with van der Waals surface area (Å²) in [5.41, 5.74) is 1.34. The third-order valence-electron chi connectivity index (χ3n) is 3.13. The number of carbonyl (C=O) groups is 1. The molecule has 0 aliphatic heterocycles. The van der Waals surface area contributed by atoms with E-state index in [-0.39, 0.29) is 11.3 Å². The van der Waals surface area contributed by atoms with E-state index in [0.717, 1.165) is 20.8 Å². The number of amides is 1. The molecule has 1 rings (SSSR count). The molecule has 1 unspecified atom stereocenters. The molecule has 0 bridgehead atoms. The smallest absolute Gasteiger partial charge is 0.261 e. The largest absolute Gasteiger partial charge is 0.351 e. The summed E-state index contributed by atoms with van der Waals surface area (Å²) in [5, 5.41) is 3.00. The molecule has 0 aliphatic rings. The van der Waals surface area contributed by atoms with Gasteiger partial charge in [0.2, 0.25) is 0 Å². The number of aryl methyl sites for hydroxylation is 1. The van der Waals surface area contributed by atoms with Crippen molar-refractivity contribution in [1.29, 1.82) is 0 Å². The fourth-order valence-electron chi connectivity index (χ4n) is 1.21. The van der Waals surface area contributed by atoms with Gasteiger partial charge in [-0.15, -0.1) is 11.3 Å². The fourth-order valence-corrected chi connectivity index (χ4v) is 2.66. The Labute approximate surface area is 116 Å². The van der Waals surface area contributed by atoms with Crippen molar-refractivity contribution in [3.05, 3.63) is 20.3 Å². The first-order chi connectivity index (χ1) is 7.71.